The summed E-state index contributed by atoms with van der Waals surface area (Å²) in [6.07, 6.45) is 3.53. The second-order valence-corrected chi connectivity index (χ2v) is 3.17. The maximum absolute atomic E-state index is 5.42. The molecule has 0 aromatic carbocycles. The summed E-state index contributed by atoms with van der Waals surface area (Å²) < 4.78 is 5.42. The normalized spacial score (nSPS) is 10.6. The van der Waals surface area contributed by atoms with Crippen LogP contribution in [-0.4, -0.2) is 39.9 Å². The third kappa shape index (κ3) is 11.9. The zero-order chi connectivity index (χ0) is 9.78. The number of rotatable bonds is 10. The zero-order valence-corrected chi connectivity index (χ0v) is 9.07. The molecule has 3 heteroatoms. The van der Waals surface area contributed by atoms with Gasteiger partial charge < -0.3 is 15.4 Å². The van der Waals surface area contributed by atoms with E-state index in [0.717, 1.165) is 39.3 Å². The van der Waals surface area contributed by atoms with Gasteiger partial charge in [0, 0.05) is 26.3 Å². The van der Waals surface area contributed by atoms with Crippen LogP contribution in [0.25, 0.3) is 0 Å². The first-order valence-electron chi connectivity index (χ1n) is 5.35. The van der Waals surface area contributed by atoms with Gasteiger partial charge in [-0.15, -0.1) is 0 Å². The molecule has 3 nitrogen and oxygen atoms in total. The summed E-state index contributed by atoms with van der Waals surface area (Å²) >= 11 is 0. The number of hydrogen-bond donors (Lipinski definition) is 2. The Bertz CT molecular complexity index is 79.0. The minimum absolute atomic E-state index is 0.895. The van der Waals surface area contributed by atoms with Crippen LogP contribution >= 0.6 is 0 Å². The van der Waals surface area contributed by atoms with Gasteiger partial charge in [-0.1, -0.05) is 13.3 Å². The Morgan fingerprint density at radius 1 is 1.00 bits per heavy atom. The molecule has 0 heterocycles. The molecule has 0 unspecified atom stereocenters. The smallest absolute Gasteiger partial charge is 0.0478 e. The number of ether oxygens (including phenoxy) is 1. The molecule has 80 valence electrons. The summed E-state index contributed by atoms with van der Waals surface area (Å²) in [5, 5.41) is 6.43. The number of unbranched alkanes of at least 4 members (excludes halogenated alkanes) is 1. The van der Waals surface area contributed by atoms with Gasteiger partial charge >= 0.3 is 0 Å². The van der Waals surface area contributed by atoms with Crippen molar-refractivity contribution < 1.29 is 4.74 Å². The summed E-state index contributed by atoms with van der Waals surface area (Å²) in [5.41, 5.74) is 0. The molecule has 0 aliphatic heterocycles. The fourth-order valence-electron chi connectivity index (χ4n) is 0.986. The summed E-state index contributed by atoms with van der Waals surface area (Å²) in [4.78, 5) is 0. The van der Waals surface area contributed by atoms with Crippen LogP contribution in [0, 0.1) is 0 Å². The lowest BCUT2D eigenvalue weighted by atomic mass is 10.4. The van der Waals surface area contributed by atoms with Gasteiger partial charge in [-0.25, -0.2) is 0 Å². The van der Waals surface area contributed by atoms with Crippen molar-refractivity contribution in [1.29, 1.82) is 0 Å². The molecule has 0 rings (SSSR count). The van der Waals surface area contributed by atoms with E-state index in [9.17, 15) is 0 Å². The third-order valence-corrected chi connectivity index (χ3v) is 1.84. The zero-order valence-electron chi connectivity index (χ0n) is 9.07. The molecule has 0 aliphatic carbocycles. The summed E-state index contributed by atoms with van der Waals surface area (Å²) in [7, 11) is 1.97. The molecular formula is C10H24N2O. The Morgan fingerprint density at radius 3 is 2.46 bits per heavy atom. The van der Waals surface area contributed by atoms with Gasteiger partial charge in [-0.3, -0.25) is 0 Å². The second kappa shape index (κ2) is 11.9. The predicted octanol–water partition coefficient (Wildman–Crippen LogP) is 1.00. The standard InChI is InChI=1S/C10H24N2O/c1-3-4-9-13-10-5-6-12-8-7-11-2/h11-12H,3-10H2,1-2H3. The predicted molar refractivity (Wildman–Crippen MR) is 57.1 cm³/mol. The van der Waals surface area contributed by atoms with Crippen molar-refractivity contribution >= 4 is 0 Å². The van der Waals surface area contributed by atoms with Crippen molar-refractivity contribution in [2.24, 2.45) is 0 Å². The van der Waals surface area contributed by atoms with Gasteiger partial charge in [0.25, 0.3) is 0 Å². The lowest BCUT2D eigenvalue weighted by molar-refractivity contribution is 0.129. The van der Waals surface area contributed by atoms with Gasteiger partial charge in [-0.2, -0.15) is 0 Å². The van der Waals surface area contributed by atoms with E-state index in [-0.39, 0.29) is 0 Å². The van der Waals surface area contributed by atoms with Crippen LogP contribution in [0.4, 0.5) is 0 Å². The van der Waals surface area contributed by atoms with Crippen LogP contribution in [0.1, 0.15) is 26.2 Å². The van der Waals surface area contributed by atoms with E-state index in [0.29, 0.717) is 0 Å². The lowest BCUT2D eigenvalue weighted by Crippen LogP contribution is -2.26. The third-order valence-electron chi connectivity index (χ3n) is 1.84. The van der Waals surface area contributed by atoms with E-state index in [1.165, 1.54) is 12.8 Å². The van der Waals surface area contributed by atoms with Gasteiger partial charge in [0.1, 0.15) is 0 Å². The highest BCUT2D eigenvalue weighted by Crippen LogP contribution is 1.88. The van der Waals surface area contributed by atoms with E-state index < -0.39 is 0 Å². The Kier molecular flexibility index (Phi) is 11.8. The molecule has 0 saturated carbocycles. The highest BCUT2D eigenvalue weighted by atomic mass is 16.5. The highest BCUT2D eigenvalue weighted by molar-refractivity contribution is 4.48. The lowest BCUT2D eigenvalue weighted by Gasteiger charge is -2.04. The Morgan fingerprint density at radius 2 is 1.77 bits per heavy atom. The minimum Gasteiger partial charge on any atom is -0.381 e. The molecule has 0 atom stereocenters. The van der Waals surface area contributed by atoms with E-state index >= 15 is 0 Å². The van der Waals surface area contributed by atoms with Crippen molar-refractivity contribution in [2.45, 2.75) is 26.2 Å². The maximum Gasteiger partial charge on any atom is 0.0478 e. The molecule has 2 N–H and O–H groups in total. The monoisotopic (exact) mass is 188 g/mol. The van der Waals surface area contributed by atoms with Crippen LogP contribution < -0.4 is 10.6 Å². The van der Waals surface area contributed by atoms with Gasteiger partial charge in [0.2, 0.25) is 0 Å². The Balaban J connectivity index is 2.76. The summed E-state index contributed by atoms with van der Waals surface area (Å²) in [6, 6.07) is 0. The van der Waals surface area contributed by atoms with Crippen molar-refractivity contribution in [1.82, 2.24) is 10.6 Å². The molecule has 0 amide bonds. The number of likely N-dealkylation sites (N-methyl/N-ethyl adjacent to an activating group) is 1. The quantitative estimate of drug-likeness (QED) is 0.502. The molecule has 0 fully saturated rings. The SMILES string of the molecule is CCCCOCCCNCCNC. The largest absolute Gasteiger partial charge is 0.381 e. The van der Waals surface area contributed by atoms with Crippen LogP contribution in [0.3, 0.4) is 0 Å². The molecular weight excluding hydrogens is 164 g/mol. The second-order valence-electron chi connectivity index (χ2n) is 3.17. The molecule has 0 radical (unpaired) electrons. The molecule has 0 bridgehead atoms. The van der Waals surface area contributed by atoms with Crippen LogP contribution in [0.15, 0.2) is 0 Å². The molecule has 0 aliphatic rings. The van der Waals surface area contributed by atoms with Gasteiger partial charge in [0.15, 0.2) is 0 Å². The molecule has 0 aromatic rings. The van der Waals surface area contributed by atoms with Gasteiger partial charge in [0.05, 0.1) is 0 Å². The maximum atomic E-state index is 5.42. The first kappa shape index (κ1) is 12.9. The molecule has 13 heavy (non-hydrogen) atoms. The minimum atomic E-state index is 0.895. The van der Waals surface area contributed by atoms with Crippen molar-refractivity contribution in [2.75, 3.05) is 39.9 Å². The number of nitrogens with one attached hydrogen (secondary N) is 2. The van der Waals surface area contributed by atoms with Crippen LogP contribution in [-0.2, 0) is 4.74 Å². The fourth-order valence-corrected chi connectivity index (χ4v) is 0.986. The molecule has 0 spiro atoms. The van der Waals surface area contributed by atoms with Crippen molar-refractivity contribution in [3.05, 3.63) is 0 Å². The Hall–Kier alpha value is -0.120. The summed E-state index contributed by atoms with van der Waals surface area (Å²) in [6.45, 7) is 7.15. The van der Waals surface area contributed by atoms with E-state index in [1.807, 2.05) is 7.05 Å². The van der Waals surface area contributed by atoms with Crippen molar-refractivity contribution in [3.63, 3.8) is 0 Å². The molecule has 0 aromatic heterocycles. The average Bonchev–Trinajstić information content (AvgIpc) is 2.16. The highest BCUT2D eigenvalue weighted by Gasteiger charge is 1.88. The fraction of sp³-hybridized carbons (Fsp3) is 1.00. The first-order valence-corrected chi connectivity index (χ1v) is 5.35. The van der Waals surface area contributed by atoms with E-state index in [1.54, 1.807) is 0 Å². The molecule has 0 saturated heterocycles. The van der Waals surface area contributed by atoms with E-state index in [2.05, 4.69) is 17.6 Å². The topological polar surface area (TPSA) is 33.3 Å². The van der Waals surface area contributed by atoms with Crippen molar-refractivity contribution in [3.8, 4) is 0 Å². The summed E-state index contributed by atoms with van der Waals surface area (Å²) in [5.74, 6) is 0. The average molecular weight is 188 g/mol. The first-order chi connectivity index (χ1) is 6.41. The van der Waals surface area contributed by atoms with E-state index in [4.69, 9.17) is 4.74 Å². The Labute approximate surface area is 82.2 Å². The van der Waals surface area contributed by atoms with Gasteiger partial charge in [-0.05, 0) is 26.4 Å². The van der Waals surface area contributed by atoms with Crippen LogP contribution in [0.5, 0.6) is 0 Å². The van der Waals surface area contributed by atoms with Crippen LogP contribution in [0.2, 0.25) is 0 Å². The number of hydrogen-bond acceptors (Lipinski definition) is 3.